The average molecular weight is 208 g/mol. The molecular formula is C11H20N4. The zero-order valence-electron chi connectivity index (χ0n) is 9.37. The molecule has 1 unspecified atom stereocenters. The molecule has 1 atom stereocenters. The molecule has 1 aromatic heterocycles. The molecule has 0 radical (unpaired) electrons. The zero-order chi connectivity index (χ0) is 10.5. The van der Waals surface area contributed by atoms with Crippen molar-refractivity contribution in [3.8, 4) is 0 Å². The molecule has 1 fully saturated rings. The molecule has 0 amide bonds. The highest BCUT2D eigenvalue weighted by atomic mass is 15.3. The van der Waals surface area contributed by atoms with Gasteiger partial charge in [0.05, 0.1) is 5.69 Å². The maximum atomic E-state index is 4.15. The van der Waals surface area contributed by atoms with Crippen LogP contribution in [0.5, 0.6) is 0 Å². The molecule has 84 valence electrons. The van der Waals surface area contributed by atoms with Crippen LogP contribution in [0.2, 0.25) is 0 Å². The molecule has 2 heterocycles. The van der Waals surface area contributed by atoms with Crippen LogP contribution in [-0.2, 0) is 13.6 Å². The second kappa shape index (κ2) is 5.28. The van der Waals surface area contributed by atoms with E-state index in [-0.39, 0.29) is 0 Å². The van der Waals surface area contributed by atoms with E-state index in [0.717, 1.165) is 19.0 Å². The summed E-state index contributed by atoms with van der Waals surface area (Å²) in [4.78, 5) is 0. The minimum absolute atomic E-state index is 0.798. The van der Waals surface area contributed by atoms with Crippen LogP contribution in [0, 0.1) is 5.92 Å². The fourth-order valence-corrected chi connectivity index (χ4v) is 2.08. The third-order valence-corrected chi connectivity index (χ3v) is 3.06. The smallest absolute Gasteiger partial charge is 0.0518 e. The SMILES string of the molecule is Cn1nccc1CNCC1CCCNC1. The summed E-state index contributed by atoms with van der Waals surface area (Å²) in [5.41, 5.74) is 1.25. The number of hydrogen-bond donors (Lipinski definition) is 2. The summed E-state index contributed by atoms with van der Waals surface area (Å²) in [5, 5.41) is 11.1. The van der Waals surface area contributed by atoms with Crippen LogP contribution < -0.4 is 10.6 Å². The van der Waals surface area contributed by atoms with E-state index in [2.05, 4.69) is 21.8 Å². The van der Waals surface area contributed by atoms with E-state index in [9.17, 15) is 0 Å². The van der Waals surface area contributed by atoms with Crippen LogP contribution in [0.25, 0.3) is 0 Å². The van der Waals surface area contributed by atoms with Crippen LogP contribution in [0.3, 0.4) is 0 Å². The molecular weight excluding hydrogens is 188 g/mol. The number of hydrogen-bond acceptors (Lipinski definition) is 3. The summed E-state index contributed by atoms with van der Waals surface area (Å²) in [6, 6.07) is 2.06. The van der Waals surface area contributed by atoms with Gasteiger partial charge in [0.2, 0.25) is 0 Å². The summed E-state index contributed by atoms with van der Waals surface area (Å²) in [6.45, 7) is 4.39. The maximum absolute atomic E-state index is 4.15. The van der Waals surface area contributed by atoms with Crippen molar-refractivity contribution in [2.24, 2.45) is 13.0 Å². The van der Waals surface area contributed by atoms with Gasteiger partial charge in [-0.05, 0) is 44.5 Å². The zero-order valence-corrected chi connectivity index (χ0v) is 9.37. The molecule has 15 heavy (non-hydrogen) atoms. The van der Waals surface area contributed by atoms with Crippen molar-refractivity contribution in [1.29, 1.82) is 0 Å². The van der Waals surface area contributed by atoms with Crippen LogP contribution in [0.4, 0.5) is 0 Å². The molecule has 0 saturated carbocycles. The van der Waals surface area contributed by atoms with Gasteiger partial charge in [-0.25, -0.2) is 0 Å². The summed E-state index contributed by atoms with van der Waals surface area (Å²) in [5.74, 6) is 0.798. The van der Waals surface area contributed by atoms with Crippen molar-refractivity contribution in [3.63, 3.8) is 0 Å². The van der Waals surface area contributed by atoms with Gasteiger partial charge in [0, 0.05) is 19.8 Å². The van der Waals surface area contributed by atoms with Crippen molar-refractivity contribution < 1.29 is 0 Å². The number of nitrogens with one attached hydrogen (secondary N) is 2. The first-order valence-corrected chi connectivity index (χ1v) is 5.74. The quantitative estimate of drug-likeness (QED) is 0.757. The third kappa shape index (κ3) is 3.04. The Morgan fingerprint density at radius 1 is 1.67 bits per heavy atom. The highest BCUT2D eigenvalue weighted by Crippen LogP contribution is 2.08. The van der Waals surface area contributed by atoms with E-state index in [0.29, 0.717) is 0 Å². The van der Waals surface area contributed by atoms with Crippen molar-refractivity contribution >= 4 is 0 Å². The van der Waals surface area contributed by atoms with E-state index in [4.69, 9.17) is 0 Å². The number of aromatic nitrogens is 2. The van der Waals surface area contributed by atoms with E-state index < -0.39 is 0 Å². The lowest BCUT2D eigenvalue weighted by Gasteiger charge is -2.22. The molecule has 0 spiro atoms. The molecule has 2 N–H and O–H groups in total. The highest BCUT2D eigenvalue weighted by Gasteiger charge is 2.12. The molecule has 2 rings (SSSR count). The predicted molar refractivity (Wildman–Crippen MR) is 60.5 cm³/mol. The van der Waals surface area contributed by atoms with Gasteiger partial charge in [0.15, 0.2) is 0 Å². The highest BCUT2D eigenvalue weighted by molar-refractivity contribution is 4.99. The standard InChI is InChI=1S/C11H20N4/c1-15-11(4-6-14-15)9-13-8-10-3-2-5-12-7-10/h4,6,10,12-13H,2-3,5,7-9H2,1H3. The van der Waals surface area contributed by atoms with Gasteiger partial charge in [-0.3, -0.25) is 4.68 Å². The van der Waals surface area contributed by atoms with Gasteiger partial charge < -0.3 is 10.6 Å². The summed E-state index contributed by atoms with van der Waals surface area (Å²) >= 11 is 0. The average Bonchev–Trinajstić information content (AvgIpc) is 2.66. The topological polar surface area (TPSA) is 41.9 Å². The Morgan fingerprint density at radius 3 is 3.27 bits per heavy atom. The van der Waals surface area contributed by atoms with E-state index in [1.807, 2.05) is 17.9 Å². The first kappa shape index (κ1) is 10.6. The van der Waals surface area contributed by atoms with Crippen LogP contribution in [0.1, 0.15) is 18.5 Å². The molecule has 0 aromatic carbocycles. The Morgan fingerprint density at radius 2 is 2.60 bits per heavy atom. The van der Waals surface area contributed by atoms with E-state index in [1.165, 1.54) is 31.6 Å². The summed E-state index contributed by atoms with van der Waals surface area (Å²) < 4.78 is 1.92. The Labute approximate surface area is 91.1 Å². The number of rotatable bonds is 4. The molecule has 0 aliphatic carbocycles. The maximum Gasteiger partial charge on any atom is 0.0518 e. The van der Waals surface area contributed by atoms with Gasteiger partial charge in [0.1, 0.15) is 0 Å². The Bertz CT molecular complexity index is 289. The Balaban J connectivity index is 1.68. The van der Waals surface area contributed by atoms with Gasteiger partial charge in [-0.1, -0.05) is 0 Å². The molecule has 1 aliphatic rings. The van der Waals surface area contributed by atoms with Gasteiger partial charge in [-0.15, -0.1) is 0 Å². The van der Waals surface area contributed by atoms with Crippen molar-refractivity contribution in [2.75, 3.05) is 19.6 Å². The van der Waals surface area contributed by atoms with Crippen LogP contribution in [0.15, 0.2) is 12.3 Å². The molecule has 1 aliphatic heterocycles. The monoisotopic (exact) mass is 208 g/mol. The number of aryl methyl sites for hydroxylation is 1. The molecule has 1 aromatic rings. The second-order valence-corrected chi connectivity index (χ2v) is 4.29. The molecule has 4 heteroatoms. The van der Waals surface area contributed by atoms with Crippen molar-refractivity contribution in [1.82, 2.24) is 20.4 Å². The second-order valence-electron chi connectivity index (χ2n) is 4.29. The summed E-state index contributed by atoms with van der Waals surface area (Å²) in [6.07, 6.45) is 4.52. The minimum atomic E-state index is 0.798. The lowest BCUT2D eigenvalue weighted by atomic mass is 10.00. The lowest BCUT2D eigenvalue weighted by Crippen LogP contribution is -2.36. The first-order chi connectivity index (χ1) is 7.36. The van der Waals surface area contributed by atoms with Crippen molar-refractivity contribution in [2.45, 2.75) is 19.4 Å². The number of nitrogens with zero attached hydrogens (tertiary/aromatic N) is 2. The summed E-state index contributed by atoms with van der Waals surface area (Å²) in [7, 11) is 1.99. The van der Waals surface area contributed by atoms with Crippen LogP contribution in [-0.4, -0.2) is 29.4 Å². The minimum Gasteiger partial charge on any atom is -0.316 e. The predicted octanol–water partition coefficient (Wildman–Crippen LogP) is 0.509. The number of piperidine rings is 1. The van der Waals surface area contributed by atoms with E-state index >= 15 is 0 Å². The first-order valence-electron chi connectivity index (χ1n) is 5.74. The normalized spacial score (nSPS) is 21.8. The largest absolute Gasteiger partial charge is 0.316 e. The Hall–Kier alpha value is -0.870. The van der Waals surface area contributed by atoms with E-state index in [1.54, 1.807) is 0 Å². The van der Waals surface area contributed by atoms with Gasteiger partial charge >= 0.3 is 0 Å². The van der Waals surface area contributed by atoms with Gasteiger partial charge in [-0.2, -0.15) is 5.10 Å². The fourth-order valence-electron chi connectivity index (χ4n) is 2.08. The Kier molecular flexibility index (Phi) is 3.75. The molecule has 4 nitrogen and oxygen atoms in total. The van der Waals surface area contributed by atoms with Crippen LogP contribution >= 0.6 is 0 Å². The van der Waals surface area contributed by atoms with Gasteiger partial charge in [0.25, 0.3) is 0 Å². The lowest BCUT2D eigenvalue weighted by molar-refractivity contribution is 0.358. The van der Waals surface area contributed by atoms with Crippen molar-refractivity contribution in [3.05, 3.63) is 18.0 Å². The third-order valence-electron chi connectivity index (χ3n) is 3.06. The fraction of sp³-hybridized carbons (Fsp3) is 0.727. The molecule has 0 bridgehead atoms. The molecule has 1 saturated heterocycles.